The van der Waals surface area contributed by atoms with Crippen LogP contribution in [0.15, 0.2) is 54.7 Å². The lowest BCUT2D eigenvalue weighted by atomic mass is 9.74. The second-order valence-electron chi connectivity index (χ2n) is 7.72. The minimum absolute atomic E-state index is 0.205. The smallest absolute Gasteiger partial charge is 0.256 e. The first-order valence-corrected chi connectivity index (χ1v) is 9.67. The third-order valence-corrected chi connectivity index (χ3v) is 6.33. The molecule has 1 aromatic heterocycles. The molecule has 1 amide bonds. The molecule has 2 aromatic carbocycles. The third-order valence-electron chi connectivity index (χ3n) is 6.33. The molecule has 0 N–H and O–H groups in total. The minimum Gasteiger partial charge on any atom is -0.350 e. The van der Waals surface area contributed by atoms with Crippen LogP contribution in [-0.2, 0) is 13.5 Å². The highest BCUT2D eigenvalue weighted by molar-refractivity contribution is 6.07. The van der Waals surface area contributed by atoms with E-state index in [4.69, 9.17) is 0 Å². The van der Waals surface area contributed by atoms with Crippen molar-refractivity contribution in [1.29, 1.82) is 0 Å². The standard InChI is InChI=1S/C23H24N2O/c1-24-15-20(19-9-4-5-11-21(19)24)23(26)25-14-6-10-18-17-8-3-2-7-16(17)12-13-22(18)25/h2-5,7-9,11,15,18,22H,6,10,12-14H2,1H3/t18-,22+/m0/s1. The van der Waals surface area contributed by atoms with Gasteiger partial charge in [0.05, 0.1) is 5.56 Å². The zero-order chi connectivity index (χ0) is 17.7. The number of hydrogen-bond acceptors (Lipinski definition) is 1. The fraction of sp³-hybridized carbons (Fsp3) is 0.348. The molecule has 0 unspecified atom stereocenters. The van der Waals surface area contributed by atoms with E-state index in [0.717, 1.165) is 42.3 Å². The number of fused-ring (bicyclic) bond motifs is 4. The summed E-state index contributed by atoms with van der Waals surface area (Å²) in [6.45, 7) is 0.880. The Labute approximate surface area is 154 Å². The second-order valence-corrected chi connectivity index (χ2v) is 7.72. The topological polar surface area (TPSA) is 25.2 Å². The van der Waals surface area contributed by atoms with Gasteiger partial charge in [0, 0.05) is 42.7 Å². The van der Waals surface area contributed by atoms with Gasteiger partial charge < -0.3 is 9.47 Å². The van der Waals surface area contributed by atoms with E-state index in [1.807, 2.05) is 25.4 Å². The lowest BCUT2D eigenvalue weighted by Gasteiger charge is -2.45. The van der Waals surface area contributed by atoms with Crippen LogP contribution in [0, 0.1) is 0 Å². The number of aromatic nitrogens is 1. The Morgan fingerprint density at radius 1 is 1.04 bits per heavy atom. The van der Waals surface area contributed by atoms with Crippen molar-refractivity contribution < 1.29 is 4.79 Å². The van der Waals surface area contributed by atoms with Gasteiger partial charge in [0.2, 0.25) is 0 Å². The molecule has 2 heterocycles. The normalized spacial score (nSPS) is 22.1. The number of benzene rings is 2. The van der Waals surface area contributed by atoms with Crippen LogP contribution in [-0.4, -0.2) is 28.0 Å². The molecule has 1 fully saturated rings. The first kappa shape index (κ1) is 15.7. The van der Waals surface area contributed by atoms with Gasteiger partial charge in [-0.3, -0.25) is 4.79 Å². The van der Waals surface area contributed by atoms with Crippen molar-refractivity contribution in [2.75, 3.05) is 6.54 Å². The Kier molecular flexibility index (Phi) is 3.63. The van der Waals surface area contributed by atoms with Gasteiger partial charge in [-0.25, -0.2) is 0 Å². The van der Waals surface area contributed by atoms with Gasteiger partial charge in [0.25, 0.3) is 5.91 Å². The van der Waals surface area contributed by atoms with Gasteiger partial charge in [-0.2, -0.15) is 0 Å². The number of carbonyl (C=O) groups excluding carboxylic acids is 1. The summed E-state index contributed by atoms with van der Waals surface area (Å²) in [7, 11) is 2.02. The second kappa shape index (κ2) is 6.01. The summed E-state index contributed by atoms with van der Waals surface area (Å²) >= 11 is 0. The van der Waals surface area contributed by atoms with Crippen LogP contribution in [0.2, 0.25) is 0 Å². The molecule has 26 heavy (non-hydrogen) atoms. The van der Waals surface area contributed by atoms with Crippen LogP contribution < -0.4 is 0 Å². The monoisotopic (exact) mass is 344 g/mol. The number of rotatable bonds is 1. The molecule has 3 aromatic rings. The molecule has 5 rings (SSSR count). The number of aryl methyl sites for hydroxylation is 2. The molecule has 3 heteroatoms. The van der Waals surface area contributed by atoms with Gasteiger partial charge in [-0.15, -0.1) is 0 Å². The largest absolute Gasteiger partial charge is 0.350 e. The molecular formula is C23H24N2O. The summed E-state index contributed by atoms with van der Waals surface area (Å²) in [4.78, 5) is 15.7. The highest BCUT2D eigenvalue weighted by Gasteiger charge is 2.39. The van der Waals surface area contributed by atoms with E-state index in [-0.39, 0.29) is 5.91 Å². The summed E-state index contributed by atoms with van der Waals surface area (Å²) in [5.41, 5.74) is 4.92. The zero-order valence-electron chi connectivity index (χ0n) is 15.2. The molecule has 2 atom stereocenters. The number of likely N-dealkylation sites (tertiary alicyclic amines) is 1. The molecule has 0 saturated carbocycles. The molecule has 1 aliphatic carbocycles. The van der Waals surface area contributed by atoms with Crippen LogP contribution in [0.3, 0.4) is 0 Å². The molecule has 1 aliphatic heterocycles. The van der Waals surface area contributed by atoms with E-state index >= 15 is 0 Å². The average Bonchev–Trinajstić information content (AvgIpc) is 3.04. The first-order valence-electron chi connectivity index (χ1n) is 9.67. The molecule has 0 bridgehead atoms. The Morgan fingerprint density at radius 3 is 2.77 bits per heavy atom. The maximum absolute atomic E-state index is 13.5. The number of piperidine rings is 1. The van der Waals surface area contributed by atoms with Crippen molar-refractivity contribution >= 4 is 16.8 Å². The van der Waals surface area contributed by atoms with E-state index in [9.17, 15) is 4.79 Å². The average molecular weight is 344 g/mol. The number of amides is 1. The van der Waals surface area contributed by atoms with Crippen molar-refractivity contribution in [3.8, 4) is 0 Å². The maximum atomic E-state index is 13.5. The number of para-hydroxylation sites is 1. The molecule has 0 radical (unpaired) electrons. The summed E-state index contributed by atoms with van der Waals surface area (Å²) in [5.74, 6) is 0.698. The zero-order valence-corrected chi connectivity index (χ0v) is 15.2. The first-order chi connectivity index (χ1) is 12.7. The Hall–Kier alpha value is -2.55. The van der Waals surface area contributed by atoms with E-state index in [1.165, 1.54) is 17.5 Å². The van der Waals surface area contributed by atoms with Crippen molar-refractivity contribution in [3.63, 3.8) is 0 Å². The van der Waals surface area contributed by atoms with Crippen LogP contribution in [0.1, 0.15) is 46.7 Å². The Balaban J connectivity index is 1.53. The maximum Gasteiger partial charge on any atom is 0.256 e. The van der Waals surface area contributed by atoms with Gasteiger partial charge in [-0.1, -0.05) is 42.5 Å². The summed E-state index contributed by atoms with van der Waals surface area (Å²) < 4.78 is 2.07. The Bertz CT molecular complexity index is 987. The van der Waals surface area contributed by atoms with Gasteiger partial charge in [0.15, 0.2) is 0 Å². The van der Waals surface area contributed by atoms with Crippen molar-refractivity contribution in [2.24, 2.45) is 7.05 Å². The van der Waals surface area contributed by atoms with E-state index < -0.39 is 0 Å². The van der Waals surface area contributed by atoms with Crippen LogP contribution in [0.4, 0.5) is 0 Å². The number of hydrogen-bond donors (Lipinski definition) is 0. The predicted molar refractivity (Wildman–Crippen MR) is 104 cm³/mol. The predicted octanol–water partition coefficient (Wildman–Crippen LogP) is 4.51. The molecule has 1 saturated heterocycles. The fourth-order valence-corrected chi connectivity index (χ4v) is 5.12. The van der Waals surface area contributed by atoms with Crippen LogP contribution in [0.5, 0.6) is 0 Å². The summed E-state index contributed by atoms with van der Waals surface area (Å²) in [5, 5.41) is 1.07. The fourth-order valence-electron chi connectivity index (χ4n) is 5.12. The molecule has 132 valence electrons. The third kappa shape index (κ3) is 2.30. The van der Waals surface area contributed by atoms with Gasteiger partial charge in [-0.05, 0) is 42.9 Å². The van der Waals surface area contributed by atoms with Crippen molar-refractivity contribution in [2.45, 2.75) is 37.6 Å². The van der Waals surface area contributed by atoms with Gasteiger partial charge in [0.1, 0.15) is 0 Å². The van der Waals surface area contributed by atoms with E-state index in [2.05, 4.69) is 45.9 Å². The van der Waals surface area contributed by atoms with Crippen LogP contribution in [0.25, 0.3) is 10.9 Å². The lowest BCUT2D eigenvalue weighted by molar-refractivity contribution is 0.0548. The highest BCUT2D eigenvalue weighted by Crippen LogP contribution is 2.41. The highest BCUT2D eigenvalue weighted by atomic mass is 16.2. The van der Waals surface area contributed by atoms with Crippen molar-refractivity contribution in [1.82, 2.24) is 9.47 Å². The lowest BCUT2D eigenvalue weighted by Crippen LogP contribution is -2.49. The SMILES string of the molecule is Cn1cc(C(=O)N2CCC[C@H]3c4ccccc4CC[C@H]32)c2ccccc21. The van der Waals surface area contributed by atoms with Crippen LogP contribution >= 0.6 is 0 Å². The van der Waals surface area contributed by atoms with E-state index in [1.54, 1.807) is 0 Å². The molecular weight excluding hydrogens is 320 g/mol. The molecule has 0 spiro atoms. The summed E-state index contributed by atoms with van der Waals surface area (Å²) in [6.07, 6.45) is 6.45. The quantitative estimate of drug-likeness (QED) is 0.637. The molecule has 2 aliphatic rings. The van der Waals surface area contributed by atoms with Crippen molar-refractivity contribution in [3.05, 3.63) is 71.4 Å². The minimum atomic E-state index is 0.205. The Morgan fingerprint density at radius 2 is 1.85 bits per heavy atom. The summed E-state index contributed by atoms with van der Waals surface area (Å²) in [6, 6.07) is 17.4. The van der Waals surface area contributed by atoms with E-state index in [0.29, 0.717) is 12.0 Å². The van der Waals surface area contributed by atoms with Gasteiger partial charge >= 0.3 is 0 Å². The molecule has 3 nitrogen and oxygen atoms in total. The number of carbonyl (C=O) groups is 1. The number of nitrogens with zero attached hydrogens (tertiary/aromatic N) is 2.